The van der Waals surface area contributed by atoms with E-state index in [1.165, 1.54) is 31.4 Å². The normalized spacial score (nSPS) is 26.1. The first kappa shape index (κ1) is 15.5. The summed E-state index contributed by atoms with van der Waals surface area (Å²) in [5, 5.41) is 0. The topological polar surface area (TPSA) is 34.6 Å². The van der Waals surface area contributed by atoms with Crippen LogP contribution in [0.25, 0.3) is 0 Å². The van der Waals surface area contributed by atoms with Gasteiger partial charge < -0.3 is 14.2 Å². The summed E-state index contributed by atoms with van der Waals surface area (Å²) in [6.07, 6.45) is 5.06. The van der Waals surface area contributed by atoms with E-state index in [4.69, 9.17) is 14.3 Å². The minimum atomic E-state index is -0.297. The van der Waals surface area contributed by atoms with E-state index in [0.29, 0.717) is 5.92 Å². The van der Waals surface area contributed by atoms with Crippen LogP contribution < -0.4 is 10.4 Å². The molecule has 23 heavy (non-hydrogen) atoms. The summed E-state index contributed by atoms with van der Waals surface area (Å²) in [6, 6.07) is 4.39. The Bertz CT molecular complexity index is 591. The van der Waals surface area contributed by atoms with Gasteiger partial charge in [0.05, 0.1) is 11.2 Å². The first-order valence-corrected chi connectivity index (χ1v) is 8.98. The van der Waals surface area contributed by atoms with Crippen LogP contribution in [-0.4, -0.2) is 36.4 Å². The molecule has 0 radical (unpaired) electrons. The van der Waals surface area contributed by atoms with Gasteiger partial charge in [0.2, 0.25) is 0 Å². The molecule has 3 heterocycles. The predicted octanol–water partition coefficient (Wildman–Crippen LogP) is 2.86. The summed E-state index contributed by atoms with van der Waals surface area (Å²) >= 11 is 0. The van der Waals surface area contributed by atoms with E-state index < -0.39 is 0 Å². The second-order valence-corrected chi connectivity index (χ2v) is 8.24. The number of rotatable bonds is 3. The monoisotopic (exact) mass is 314 g/mol. The maximum Gasteiger partial charge on any atom is 0.495 e. The third-order valence-electron chi connectivity index (χ3n) is 5.81. The predicted molar refractivity (Wildman–Crippen MR) is 93.4 cm³/mol. The Morgan fingerprint density at radius 1 is 1.04 bits per heavy atom. The van der Waals surface area contributed by atoms with E-state index in [1.807, 2.05) is 0 Å². The maximum atomic E-state index is 6.25. The lowest BCUT2D eigenvalue weighted by Crippen LogP contribution is -2.41. The third-order valence-corrected chi connectivity index (χ3v) is 5.81. The molecule has 1 aromatic rings. The molecule has 5 heteroatoms. The van der Waals surface area contributed by atoms with Gasteiger partial charge in [0.1, 0.15) is 5.82 Å². The fourth-order valence-electron chi connectivity index (χ4n) is 3.37. The number of anilines is 1. The lowest BCUT2D eigenvalue weighted by molar-refractivity contribution is 0.00578. The van der Waals surface area contributed by atoms with Gasteiger partial charge in [-0.3, -0.25) is 0 Å². The zero-order valence-corrected chi connectivity index (χ0v) is 14.8. The molecule has 1 aliphatic carbocycles. The highest BCUT2D eigenvalue weighted by Gasteiger charge is 2.52. The maximum absolute atomic E-state index is 6.25. The quantitative estimate of drug-likeness (QED) is 0.804. The van der Waals surface area contributed by atoms with Crippen LogP contribution in [0.4, 0.5) is 5.82 Å². The number of aromatic nitrogens is 1. The molecule has 0 spiro atoms. The molecular formula is C18H27BN2O2. The van der Waals surface area contributed by atoms with Crippen molar-refractivity contribution in [2.24, 2.45) is 0 Å². The molecule has 0 bridgehead atoms. The zero-order chi connectivity index (χ0) is 16.2. The first-order chi connectivity index (χ1) is 10.9. The minimum absolute atomic E-state index is 0.290. The van der Waals surface area contributed by atoms with Gasteiger partial charge in [0.15, 0.2) is 0 Å². The molecule has 3 fully saturated rings. The SMILES string of the molecule is CC1(C)OB(c2cc(C3CC3)nc(N3CCCC3)c2)OC1(C)C. The van der Waals surface area contributed by atoms with Gasteiger partial charge in [0, 0.05) is 24.7 Å². The third kappa shape index (κ3) is 2.78. The molecule has 1 saturated carbocycles. The molecule has 0 aromatic carbocycles. The van der Waals surface area contributed by atoms with Gasteiger partial charge in [-0.15, -0.1) is 0 Å². The Labute approximate surface area is 139 Å². The summed E-state index contributed by atoms with van der Waals surface area (Å²) in [7, 11) is -0.290. The molecule has 3 aliphatic rings. The lowest BCUT2D eigenvalue weighted by atomic mass is 9.79. The Morgan fingerprint density at radius 2 is 1.65 bits per heavy atom. The van der Waals surface area contributed by atoms with Crippen molar-refractivity contribution < 1.29 is 9.31 Å². The van der Waals surface area contributed by atoms with Crippen molar-refractivity contribution >= 4 is 18.4 Å². The van der Waals surface area contributed by atoms with Crippen LogP contribution in [0.2, 0.25) is 0 Å². The average Bonchev–Trinajstić information content (AvgIpc) is 3.14. The van der Waals surface area contributed by atoms with Crippen LogP contribution in [-0.2, 0) is 9.31 Å². The Kier molecular flexibility index (Phi) is 3.51. The molecule has 0 N–H and O–H groups in total. The molecule has 0 unspecified atom stereocenters. The first-order valence-electron chi connectivity index (χ1n) is 8.98. The van der Waals surface area contributed by atoms with Crippen LogP contribution in [0.15, 0.2) is 12.1 Å². The van der Waals surface area contributed by atoms with E-state index in [0.717, 1.165) is 24.4 Å². The molecule has 0 amide bonds. The fraction of sp³-hybridized carbons (Fsp3) is 0.722. The molecule has 4 rings (SSSR count). The number of pyridine rings is 1. The number of nitrogens with zero attached hydrogens (tertiary/aromatic N) is 2. The van der Waals surface area contributed by atoms with Gasteiger partial charge in [-0.2, -0.15) is 0 Å². The van der Waals surface area contributed by atoms with Crippen molar-refractivity contribution in [1.82, 2.24) is 4.98 Å². The van der Waals surface area contributed by atoms with Crippen LogP contribution in [0.1, 0.15) is 65.0 Å². The van der Waals surface area contributed by atoms with Gasteiger partial charge in [0.25, 0.3) is 0 Å². The zero-order valence-electron chi connectivity index (χ0n) is 14.8. The number of hydrogen-bond acceptors (Lipinski definition) is 4. The van der Waals surface area contributed by atoms with Crippen molar-refractivity contribution in [2.75, 3.05) is 18.0 Å². The molecule has 0 atom stereocenters. The van der Waals surface area contributed by atoms with Crippen LogP contribution in [0.3, 0.4) is 0 Å². The van der Waals surface area contributed by atoms with Gasteiger partial charge >= 0.3 is 7.12 Å². The fourth-order valence-corrected chi connectivity index (χ4v) is 3.37. The highest BCUT2D eigenvalue weighted by Crippen LogP contribution is 2.40. The smallest absolute Gasteiger partial charge is 0.399 e. The van der Waals surface area contributed by atoms with Gasteiger partial charge in [-0.25, -0.2) is 4.98 Å². The highest BCUT2D eigenvalue weighted by molar-refractivity contribution is 6.62. The number of hydrogen-bond donors (Lipinski definition) is 0. The van der Waals surface area contributed by atoms with E-state index in [2.05, 4.69) is 44.7 Å². The van der Waals surface area contributed by atoms with E-state index in [1.54, 1.807) is 0 Å². The van der Waals surface area contributed by atoms with E-state index in [-0.39, 0.29) is 18.3 Å². The minimum Gasteiger partial charge on any atom is -0.399 e. The second kappa shape index (κ2) is 5.22. The summed E-state index contributed by atoms with van der Waals surface area (Å²) in [6.45, 7) is 10.7. The second-order valence-electron chi connectivity index (χ2n) is 8.24. The summed E-state index contributed by atoms with van der Waals surface area (Å²) in [5.41, 5.74) is 1.75. The van der Waals surface area contributed by atoms with Gasteiger partial charge in [-0.1, -0.05) is 0 Å². The van der Waals surface area contributed by atoms with Crippen LogP contribution in [0.5, 0.6) is 0 Å². The molecular weight excluding hydrogens is 287 g/mol. The van der Waals surface area contributed by atoms with Crippen molar-refractivity contribution in [3.05, 3.63) is 17.8 Å². The standard InChI is InChI=1S/C18H27BN2O2/c1-17(2)18(3,4)23-19(22-17)14-11-15(13-7-8-13)20-16(12-14)21-9-5-6-10-21/h11-13H,5-10H2,1-4H3. The average molecular weight is 314 g/mol. The Morgan fingerprint density at radius 3 is 2.22 bits per heavy atom. The van der Waals surface area contributed by atoms with Crippen LogP contribution >= 0.6 is 0 Å². The largest absolute Gasteiger partial charge is 0.495 e. The van der Waals surface area contributed by atoms with Crippen molar-refractivity contribution in [3.8, 4) is 0 Å². The Balaban J connectivity index is 1.68. The molecule has 4 nitrogen and oxygen atoms in total. The molecule has 124 valence electrons. The highest BCUT2D eigenvalue weighted by atomic mass is 16.7. The van der Waals surface area contributed by atoms with Crippen LogP contribution in [0, 0.1) is 0 Å². The Hall–Kier alpha value is -1.07. The molecule has 2 saturated heterocycles. The van der Waals surface area contributed by atoms with Gasteiger partial charge in [-0.05, 0) is 71.0 Å². The van der Waals surface area contributed by atoms with Crippen molar-refractivity contribution in [3.63, 3.8) is 0 Å². The summed E-state index contributed by atoms with van der Waals surface area (Å²) in [5.74, 6) is 1.75. The summed E-state index contributed by atoms with van der Waals surface area (Å²) in [4.78, 5) is 7.34. The van der Waals surface area contributed by atoms with Crippen molar-refractivity contribution in [2.45, 2.75) is 70.5 Å². The van der Waals surface area contributed by atoms with E-state index in [9.17, 15) is 0 Å². The van der Waals surface area contributed by atoms with Crippen molar-refractivity contribution in [1.29, 1.82) is 0 Å². The lowest BCUT2D eigenvalue weighted by Gasteiger charge is -2.32. The molecule has 2 aliphatic heterocycles. The summed E-state index contributed by atoms with van der Waals surface area (Å²) < 4.78 is 12.5. The van der Waals surface area contributed by atoms with E-state index >= 15 is 0 Å². The molecule has 1 aromatic heterocycles.